The molecule has 25 heavy (non-hydrogen) atoms. The molecule has 2 aromatic heterocycles. The van der Waals surface area contributed by atoms with Crippen LogP contribution < -0.4 is 10.7 Å². The lowest BCUT2D eigenvalue weighted by atomic mass is 10.1. The summed E-state index contributed by atoms with van der Waals surface area (Å²) in [7, 11) is 1.98. The number of hydrogen-bond acceptors (Lipinski definition) is 4. The van der Waals surface area contributed by atoms with Gasteiger partial charge in [0.05, 0.1) is 19.0 Å². The van der Waals surface area contributed by atoms with E-state index in [4.69, 9.17) is 4.42 Å². The molecule has 2 N–H and O–H groups in total. The first-order valence-corrected chi connectivity index (χ1v) is 7.75. The number of benzene rings is 1. The van der Waals surface area contributed by atoms with Gasteiger partial charge in [0.25, 0.3) is 11.8 Å². The minimum atomic E-state index is -0.450. The normalized spacial score (nSPS) is 11.1. The minimum Gasteiger partial charge on any atom is -0.459 e. The summed E-state index contributed by atoms with van der Waals surface area (Å²) in [5, 5.41) is 7.51. The van der Waals surface area contributed by atoms with Gasteiger partial charge in [-0.1, -0.05) is 18.2 Å². The van der Waals surface area contributed by atoms with E-state index in [0.29, 0.717) is 0 Å². The molecule has 0 aliphatic heterocycles. The lowest BCUT2D eigenvalue weighted by Crippen LogP contribution is -2.34. The van der Waals surface area contributed by atoms with Crippen LogP contribution in [0.2, 0.25) is 0 Å². The first-order valence-electron chi connectivity index (χ1n) is 7.75. The van der Waals surface area contributed by atoms with Crippen molar-refractivity contribution in [2.24, 2.45) is 12.1 Å². The zero-order chi connectivity index (χ0) is 17.8. The van der Waals surface area contributed by atoms with E-state index >= 15 is 0 Å². The number of nitrogens with zero attached hydrogens (tertiary/aromatic N) is 2. The summed E-state index contributed by atoms with van der Waals surface area (Å²) < 4.78 is 7.02. The number of carbonyl (C=O) groups is 2. The topological polar surface area (TPSA) is 88.6 Å². The Morgan fingerprint density at radius 2 is 2.04 bits per heavy atom. The van der Waals surface area contributed by atoms with Gasteiger partial charge >= 0.3 is 0 Å². The Morgan fingerprint density at radius 3 is 2.80 bits per heavy atom. The highest BCUT2D eigenvalue weighted by molar-refractivity contribution is 6.01. The summed E-state index contributed by atoms with van der Waals surface area (Å²) in [6, 6.07) is 11.1. The Labute approximate surface area is 144 Å². The van der Waals surface area contributed by atoms with Crippen LogP contribution in [0.1, 0.15) is 21.8 Å². The van der Waals surface area contributed by atoms with Gasteiger partial charge in [-0.15, -0.1) is 0 Å². The summed E-state index contributed by atoms with van der Waals surface area (Å²) in [6.07, 6.45) is 3.01. The smallest absolute Gasteiger partial charge is 0.287 e. The Morgan fingerprint density at radius 1 is 1.24 bits per heavy atom. The maximum Gasteiger partial charge on any atom is 0.287 e. The van der Waals surface area contributed by atoms with Crippen LogP contribution in [0.25, 0.3) is 10.9 Å². The van der Waals surface area contributed by atoms with Crippen molar-refractivity contribution in [1.82, 2.24) is 15.3 Å². The van der Waals surface area contributed by atoms with E-state index in [1.807, 2.05) is 38.2 Å². The largest absolute Gasteiger partial charge is 0.459 e. The molecule has 1 aromatic carbocycles. The minimum absolute atomic E-state index is 0.155. The van der Waals surface area contributed by atoms with Crippen molar-refractivity contribution < 1.29 is 14.0 Å². The van der Waals surface area contributed by atoms with Crippen LogP contribution in [0.3, 0.4) is 0 Å². The van der Waals surface area contributed by atoms with Gasteiger partial charge in [0, 0.05) is 29.2 Å². The number of carbonyl (C=O) groups excluding carboxylic acids is 2. The van der Waals surface area contributed by atoms with Gasteiger partial charge in [-0.05, 0) is 25.1 Å². The van der Waals surface area contributed by atoms with Crippen molar-refractivity contribution in [1.29, 1.82) is 0 Å². The highest BCUT2D eigenvalue weighted by atomic mass is 16.3. The molecule has 0 fully saturated rings. The summed E-state index contributed by atoms with van der Waals surface area (Å²) in [5.41, 5.74) is 5.49. The summed E-state index contributed by atoms with van der Waals surface area (Å²) in [6.45, 7) is 1.80. The molecule has 0 radical (unpaired) electrons. The van der Waals surface area contributed by atoms with Crippen LogP contribution in [0.5, 0.6) is 0 Å². The molecule has 0 bridgehead atoms. The van der Waals surface area contributed by atoms with Gasteiger partial charge in [-0.2, -0.15) is 5.10 Å². The Hall–Kier alpha value is -3.35. The predicted molar refractivity (Wildman–Crippen MR) is 94.4 cm³/mol. The number of para-hydroxylation sites is 1. The first-order chi connectivity index (χ1) is 12.1. The third kappa shape index (κ3) is 3.45. The average Bonchev–Trinajstić information content (AvgIpc) is 3.23. The molecular formula is C18H18N4O3. The number of aromatic nitrogens is 1. The van der Waals surface area contributed by atoms with E-state index in [9.17, 15) is 9.59 Å². The van der Waals surface area contributed by atoms with Crippen LogP contribution in [-0.2, 0) is 11.8 Å². The fourth-order valence-electron chi connectivity index (χ4n) is 2.58. The highest BCUT2D eigenvalue weighted by Crippen LogP contribution is 2.22. The molecule has 3 rings (SSSR count). The molecule has 0 aliphatic rings. The average molecular weight is 338 g/mol. The summed E-state index contributed by atoms with van der Waals surface area (Å²) in [4.78, 5) is 23.5. The second-order valence-electron chi connectivity index (χ2n) is 5.53. The van der Waals surface area contributed by atoms with Gasteiger partial charge in [0.1, 0.15) is 0 Å². The zero-order valence-corrected chi connectivity index (χ0v) is 13.9. The van der Waals surface area contributed by atoms with E-state index in [2.05, 4.69) is 20.4 Å². The molecule has 0 saturated heterocycles. The fourth-order valence-corrected chi connectivity index (χ4v) is 2.58. The number of nitrogens with one attached hydrogen (secondary N) is 2. The van der Waals surface area contributed by atoms with Crippen molar-refractivity contribution in [3.63, 3.8) is 0 Å². The van der Waals surface area contributed by atoms with Crippen LogP contribution in [0, 0.1) is 6.92 Å². The molecular weight excluding hydrogens is 320 g/mol. The number of fused-ring (bicyclic) bond motifs is 1. The van der Waals surface area contributed by atoms with Crippen LogP contribution >= 0.6 is 0 Å². The molecule has 0 spiro atoms. The third-order valence-electron chi connectivity index (χ3n) is 3.99. The van der Waals surface area contributed by atoms with Crippen molar-refractivity contribution >= 4 is 28.9 Å². The SMILES string of the molecule is Cc1c(/C=N\NC(=O)CNC(=O)c2ccco2)c2ccccc2n1C. The third-order valence-corrected chi connectivity index (χ3v) is 3.99. The Kier molecular flexibility index (Phi) is 4.65. The molecule has 7 nitrogen and oxygen atoms in total. The molecule has 3 aromatic rings. The number of rotatable bonds is 5. The maximum absolute atomic E-state index is 11.8. The fraction of sp³-hybridized carbons (Fsp3) is 0.167. The van der Waals surface area contributed by atoms with Crippen LogP contribution in [0.15, 0.2) is 52.2 Å². The molecule has 2 heterocycles. The molecule has 2 amide bonds. The molecule has 0 aliphatic carbocycles. The number of aryl methyl sites for hydroxylation is 1. The predicted octanol–water partition coefficient (Wildman–Crippen LogP) is 1.96. The number of amides is 2. The molecule has 128 valence electrons. The van der Waals surface area contributed by atoms with Crippen molar-refractivity contribution in [2.45, 2.75) is 6.92 Å². The standard InChI is InChI=1S/C18H18N4O3/c1-12-14(13-6-3-4-7-15(13)22(12)2)10-20-21-17(23)11-19-18(24)16-8-5-9-25-16/h3-10H,11H2,1-2H3,(H,19,24)(H,21,23)/b20-10-. The monoisotopic (exact) mass is 338 g/mol. The van der Waals surface area contributed by atoms with Gasteiger partial charge < -0.3 is 14.3 Å². The summed E-state index contributed by atoms with van der Waals surface area (Å²) >= 11 is 0. The lowest BCUT2D eigenvalue weighted by molar-refractivity contribution is -0.120. The highest BCUT2D eigenvalue weighted by Gasteiger charge is 2.11. The van der Waals surface area contributed by atoms with E-state index in [1.165, 1.54) is 12.3 Å². The van der Waals surface area contributed by atoms with Crippen LogP contribution in [0.4, 0.5) is 0 Å². The molecule has 7 heteroatoms. The number of hydrazone groups is 1. The van der Waals surface area contributed by atoms with Gasteiger partial charge in [-0.3, -0.25) is 9.59 Å². The Balaban J connectivity index is 1.61. The second kappa shape index (κ2) is 7.04. The quantitative estimate of drug-likeness (QED) is 0.550. The zero-order valence-electron chi connectivity index (χ0n) is 13.9. The van der Waals surface area contributed by atoms with Crippen LogP contribution in [-0.4, -0.2) is 29.1 Å². The van der Waals surface area contributed by atoms with Gasteiger partial charge in [-0.25, -0.2) is 5.43 Å². The van der Waals surface area contributed by atoms with Crippen molar-refractivity contribution in [2.75, 3.05) is 6.54 Å². The summed E-state index contributed by atoms with van der Waals surface area (Å²) in [5.74, 6) is -0.717. The van der Waals surface area contributed by atoms with Gasteiger partial charge in [0.2, 0.25) is 0 Å². The van der Waals surface area contributed by atoms with E-state index in [-0.39, 0.29) is 12.3 Å². The lowest BCUT2D eigenvalue weighted by Gasteiger charge is -2.02. The maximum atomic E-state index is 11.8. The molecule has 0 unspecified atom stereocenters. The second-order valence-corrected chi connectivity index (χ2v) is 5.53. The van der Waals surface area contributed by atoms with Crippen molar-refractivity contribution in [3.05, 3.63) is 59.7 Å². The Bertz CT molecular complexity index is 939. The van der Waals surface area contributed by atoms with E-state index in [0.717, 1.165) is 22.2 Å². The number of furan rings is 1. The number of hydrogen-bond donors (Lipinski definition) is 2. The molecule has 0 saturated carbocycles. The van der Waals surface area contributed by atoms with E-state index < -0.39 is 11.8 Å². The first kappa shape index (κ1) is 16.5. The van der Waals surface area contributed by atoms with E-state index in [1.54, 1.807) is 12.3 Å². The molecule has 0 atom stereocenters. The van der Waals surface area contributed by atoms with Crippen molar-refractivity contribution in [3.8, 4) is 0 Å². The van der Waals surface area contributed by atoms with Gasteiger partial charge in [0.15, 0.2) is 5.76 Å².